The maximum atomic E-state index is 11.5. The van der Waals surface area contributed by atoms with E-state index in [0.29, 0.717) is 6.61 Å². The first-order valence-corrected chi connectivity index (χ1v) is 7.20. The highest BCUT2D eigenvalue weighted by Crippen LogP contribution is 2.25. The Labute approximate surface area is 119 Å². The first kappa shape index (κ1) is 14.4. The van der Waals surface area contributed by atoms with Gasteiger partial charge in [-0.1, -0.05) is 31.5 Å². The summed E-state index contributed by atoms with van der Waals surface area (Å²) in [6.07, 6.45) is 6.65. The van der Waals surface area contributed by atoms with Crippen LogP contribution in [0.1, 0.15) is 37.9 Å². The number of aromatic nitrogens is 1. The number of benzene rings is 1. The van der Waals surface area contributed by atoms with E-state index in [-0.39, 0.29) is 5.97 Å². The van der Waals surface area contributed by atoms with Gasteiger partial charge in [-0.05, 0) is 31.9 Å². The standard InChI is InChI=1S/C17H21NO2/c1-3-5-9-15-14(11-12-17(19)20-4-2)13-8-6-7-10-16(13)18-15/h6-8,10-12,18H,3-5,9H2,1-2H3/b12-11+. The van der Waals surface area contributed by atoms with Crippen molar-refractivity contribution >= 4 is 22.9 Å². The molecular weight excluding hydrogens is 250 g/mol. The minimum absolute atomic E-state index is 0.292. The van der Waals surface area contributed by atoms with E-state index in [9.17, 15) is 4.79 Å². The van der Waals surface area contributed by atoms with Gasteiger partial charge in [-0.15, -0.1) is 0 Å². The fourth-order valence-corrected chi connectivity index (χ4v) is 2.30. The molecule has 0 amide bonds. The third-order valence-corrected chi connectivity index (χ3v) is 3.28. The SMILES string of the molecule is CCCCc1[nH]c2ccccc2c1/C=C/C(=O)OCC. The second kappa shape index (κ2) is 6.94. The van der Waals surface area contributed by atoms with Crippen LogP contribution in [0.25, 0.3) is 17.0 Å². The largest absolute Gasteiger partial charge is 0.463 e. The molecule has 1 heterocycles. The Balaban J connectivity index is 2.34. The molecule has 1 aromatic heterocycles. The average Bonchev–Trinajstić information content (AvgIpc) is 2.81. The van der Waals surface area contributed by atoms with Crippen molar-refractivity contribution in [2.24, 2.45) is 0 Å². The Morgan fingerprint density at radius 2 is 2.10 bits per heavy atom. The van der Waals surface area contributed by atoms with Crippen LogP contribution >= 0.6 is 0 Å². The number of aromatic amines is 1. The van der Waals surface area contributed by atoms with Crippen molar-refractivity contribution in [3.05, 3.63) is 41.6 Å². The van der Waals surface area contributed by atoms with Gasteiger partial charge in [0, 0.05) is 28.2 Å². The first-order chi connectivity index (χ1) is 9.76. The molecule has 0 spiro atoms. The van der Waals surface area contributed by atoms with Crippen molar-refractivity contribution in [3.63, 3.8) is 0 Å². The molecular formula is C17H21NO2. The third-order valence-electron chi connectivity index (χ3n) is 3.28. The van der Waals surface area contributed by atoms with Crippen LogP contribution in [0.15, 0.2) is 30.3 Å². The smallest absolute Gasteiger partial charge is 0.330 e. The summed E-state index contributed by atoms with van der Waals surface area (Å²) in [5, 5.41) is 1.15. The molecule has 2 rings (SSSR count). The van der Waals surface area contributed by atoms with Crippen LogP contribution < -0.4 is 0 Å². The molecule has 0 bridgehead atoms. The summed E-state index contributed by atoms with van der Waals surface area (Å²) in [6, 6.07) is 8.17. The number of H-pyrrole nitrogens is 1. The molecule has 3 heteroatoms. The molecule has 0 aliphatic heterocycles. The molecule has 0 saturated carbocycles. The Morgan fingerprint density at radius 3 is 2.85 bits per heavy atom. The van der Waals surface area contributed by atoms with E-state index in [1.807, 2.05) is 25.1 Å². The highest BCUT2D eigenvalue weighted by Gasteiger charge is 2.08. The number of ether oxygens (including phenoxy) is 1. The topological polar surface area (TPSA) is 42.1 Å². The van der Waals surface area contributed by atoms with Crippen molar-refractivity contribution in [2.75, 3.05) is 6.61 Å². The van der Waals surface area contributed by atoms with E-state index in [0.717, 1.165) is 35.7 Å². The number of fused-ring (bicyclic) bond motifs is 1. The highest BCUT2D eigenvalue weighted by atomic mass is 16.5. The molecule has 1 N–H and O–H groups in total. The van der Waals surface area contributed by atoms with E-state index in [1.165, 1.54) is 11.8 Å². The number of rotatable bonds is 6. The molecule has 20 heavy (non-hydrogen) atoms. The number of esters is 1. The highest BCUT2D eigenvalue weighted by molar-refractivity contribution is 5.95. The second-order valence-corrected chi connectivity index (χ2v) is 4.75. The molecule has 0 radical (unpaired) electrons. The minimum atomic E-state index is -0.292. The molecule has 2 aromatic rings. The lowest BCUT2D eigenvalue weighted by Crippen LogP contribution is -1.98. The maximum Gasteiger partial charge on any atom is 0.330 e. The van der Waals surface area contributed by atoms with Gasteiger partial charge in [0.1, 0.15) is 0 Å². The van der Waals surface area contributed by atoms with Crippen molar-refractivity contribution in [3.8, 4) is 0 Å². The summed E-state index contributed by atoms with van der Waals surface area (Å²) in [5.74, 6) is -0.292. The van der Waals surface area contributed by atoms with Crippen LogP contribution in [0.2, 0.25) is 0 Å². The molecule has 0 fully saturated rings. The Kier molecular flexibility index (Phi) is 4.99. The van der Waals surface area contributed by atoms with Gasteiger partial charge in [-0.3, -0.25) is 0 Å². The molecule has 1 aromatic carbocycles. The molecule has 0 unspecified atom stereocenters. The third kappa shape index (κ3) is 3.29. The number of hydrogen-bond donors (Lipinski definition) is 1. The van der Waals surface area contributed by atoms with E-state index in [1.54, 1.807) is 0 Å². The number of aryl methyl sites for hydroxylation is 1. The summed E-state index contributed by atoms with van der Waals surface area (Å²) in [7, 11) is 0. The van der Waals surface area contributed by atoms with Crippen molar-refractivity contribution in [2.45, 2.75) is 33.1 Å². The number of carbonyl (C=O) groups excluding carboxylic acids is 1. The van der Waals surface area contributed by atoms with E-state index >= 15 is 0 Å². The van der Waals surface area contributed by atoms with Crippen LogP contribution in [0.4, 0.5) is 0 Å². The van der Waals surface area contributed by atoms with Gasteiger partial charge < -0.3 is 9.72 Å². The van der Waals surface area contributed by atoms with Gasteiger partial charge in [-0.25, -0.2) is 4.79 Å². The van der Waals surface area contributed by atoms with Crippen molar-refractivity contribution in [1.29, 1.82) is 0 Å². The average molecular weight is 271 g/mol. The van der Waals surface area contributed by atoms with Gasteiger partial charge >= 0.3 is 5.97 Å². The lowest BCUT2D eigenvalue weighted by atomic mass is 10.1. The fraction of sp³-hybridized carbons (Fsp3) is 0.353. The molecule has 0 aliphatic carbocycles. The Morgan fingerprint density at radius 1 is 1.30 bits per heavy atom. The Bertz CT molecular complexity index is 610. The Hall–Kier alpha value is -2.03. The number of para-hydroxylation sites is 1. The van der Waals surface area contributed by atoms with Gasteiger partial charge in [-0.2, -0.15) is 0 Å². The number of hydrogen-bond acceptors (Lipinski definition) is 2. The van der Waals surface area contributed by atoms with Crippen LogP contribution in [0.3, 0.4) is 0 Å². The summed E-state index contributed by atoms with van der Waals surface area (Å²) < 4.78 is 4.94. The van der Waals surface area contributed by atoms with Gasteiger partial charge in [0.2, 0.25) is 0 Å². The van der Waals surface area contributed by atoms with Crippen LogP contribution in [0.5, 0.6) is 0 Å². The quantitative estimate of drug-likeness (QED) is 0.635. The van der Waals surface area contributed by atoms with Gasteiger partial charge in [0.05, 0.1) is 6.61 Å². The van der Waals surface area contributed by atoms with Gasteiger partial charge in [0.25, 0.3) is 0 Å². The first-order valence-electron chi connectivity index (χ1n) is 7.20. The summed E-state index contributed by atoms with van der Waals surface area (Å²) in [6.45, 7) is 4.39. The van der Waals surface area contributed by atoms with Crippen LogP contribution in [-0.4, -0.2) is 17.6 Å². The zero-order valence-electron chi connectivity index (χ0n) is 12.1. The predicted molar refractivity (Wildman–Crippen MR) is 82.6 cm³/mol. The minimum Gasteiger partial charge on any atom is -0.463 e. The van der Waals surface area contributed by atoms with Crippen molar-refractivity contribution in [1.82, 2.24) is 4.98 Å². The molecule has 0 saturated heterocycles. The predicted octanol–water partition coefficient (Wildman–Crippen LogP) is 4.09. The van der Waals surface area contributed by atoms with Crippen LogP contribution in [0, 0.1) is 0 Å². The number of nitrogens with one attached hydrogen (secondary N) is 1. The zero-order valence-corrected chi connectivity index (χ0v) is 12.1. The van der Waals surface area contributed by atoms with Crippen molar-refractivity contribution < 1.29 is 9.53 Å². The number of unbranched alkanes of at least 4 members (excludes halogenated alkanes) is 1. The molecule has 0 aliphatic rings. The van der Waals surface area contributed by atoms with E-state index in [4.69, 9.17) is 4.74 Å². The van der Waals surface area contributed by atoms with Crippen LogP contribution in [-0.2, 0) is 16.0 Å². The summed E-state index contributed by atoms with van der Waals surface area (Å²) in [5.41, 5.74) is 3.40. The maximum absolute atomic E-state index is 11.5. The lowest BCUT2D eigenvalue weighted by Gasteiger charge is -2.00. The summed E-state index contributed by atoms with van der Waals surface area (Å²) >= 11 is 0. The summed E-state index contributed by atoms with van der Waals surface area (Å²) in [4.78, 5) is 14.9. The van der Waals surface area contributed by atoms with E-state index < -0.39 is 0 Å². The number of carbonyl (C=O) groups is 1. The normalized spacial score (nSPS) is 11.3. The molecule has 0 atom stereocenters. The zero-order chi connectivity index (χ0) is 14.4. The molecule has 106 valence electrons. The monoisotopic (exact) mass is 271 g/mol. The second-order valence-electron chi connectivity index (χ2n) is 4.75. The molecule has 3 nitrogen and oxygen atoms in total. The lowest BCUT2D eigenvalue weighted by molar-refractivity contribution is -0.137. The van der Waals surface area contributed by atoms with Gasteiger partial charge in [0.15, 0.2) is 0 Å². The van der Waals surface area contributed by atoms with E-state index in [2.05, 4.69) is 24.0 Å². The fourth-order valence-electron chi connectivity index (χ4n) is 2.30.